The van der Waals surface area contributed by atoms with Gasteiger partial charge in [0, 0.05) is 16.6 Å². The highest BCUT2D eigenvalue weighted by Crippen LogP contribution is 2.37. The Balaban J connectivity index is 2.52. The van der Waals surface area contributed by atoms with Gasteiger partial charge in [0.15, 0.2) is 0 Å². The van der Waals surface area contributed by atoms with E-state index >= 15 is 0 Å². The number of nitrogens with one attached hydrogen (secondary N) is 1. The van der Waals surface area contributed by atoms with Crippen LogP contribution >= 0.6 is 11.6 Å². The largest absolute Gasteiger partial charge is 0.508 e. The van der Waals surface area contributed by atoms with Crippen molar-refractivity contribution in [3.8, 4) is 5.75 Å². The average Bonchev–Trinajstić information content (AvgIpc) is 2.05. The van der Waals surface area contributed by atoms with Gasteiger partial charge in [-0.3, -0.25) is 0 Å². The molecule has 0 unspecified atom stereocenters. The van der Waals surface area contributed by atoms with Crippen LogP contribution in [0.4, 0.5) is 0 Å². The molecule has 2 rings (SSSR count). The van der Waals surface area contributed by atoms with Crippen LogP contribution in [0.25, 0.3) is 0 Å². The first-order chi connectivity index (χ1) is 6.61. The van der Waals surface area contributed by atoms with E-state index < -0.39 is 0 Å². The number of halogens is 1. The Morgan fingerprint density at radius 1 is 1.50 bits per heavy atom. The highest BCUT2D eigenvalue weighted by atomic mass is 35.5. The SMILES string of the molecule is Cc1cc(O)c([C@@H]2CCN2)c(C)c1Cl. The molecular formula is C11H14ClNO. The molecule has 1 fully saturated rings. The molecule has 1 aliphatic rings. The predicted octanol–water partition coefficient (Wildman–Crippen LogP) is 2.70. The Bertz CT molecular complexity index is 372. The molecule has 0 amide bonds. The van der Waals surface area contributed by atoms with Gasteiger partial charge in [0.1, 0.15) is 5.75 Å². The smallest absolute Gasteiger partial charge is 0.120 e. The Morgan fingerprint density at radius 2 is 2.14 bits per heavy atom. The first kappa shape index (κ1) is 9.81. The van der Waals surface area contributed by atoms with Crippen LogP contribution in [0, 0.1) is 13.8 Å². The van der Waals surface area contributed by atoms with Gasteiger partial charge in [-0.15, -0.1) is 0 Å². The Kier molecular flexibility index (Phi) is 2.41. The molecule has 0 aromatic heterocycles. The summed E-state index contributed by atoms with van der Waals surface area (Å²) < 4.78 is 0. The van der Waals surface area contributed by atoms with Crippen molar-refractivity contribution in [2.24, 2.45) is 0 Å². The van der Waals surface area contributed by atoms with Crippen molar-refractivity contribution in [2.45, 2.75) is 26.3 Å². The van der Waals surface area contributed by atoms with Gasteiger partial charge in [-0.2, -0.15) is 0 Å². The standard InChI is InChI=1S/C11H14ClNO/c1-6-5-9(14)10(7(2)11(6)12)8-3-4-13-8/h5,8,13-14H,3-4H2,1-2H3/t8-/m0/s1. The van der Waals surface area contributed by atoms with Gasteiger partial charge >= 0.3 is 0 Å². The molecule has 2 N–H and O–H groups in total. The fourth-order valence-electron chi connectivity index (χ4n) is 1.93. The molecule has 3 heteroatoms. The molecule has 0 spiro atoms. The lowest BCUT2D eigenvalue weighted by Gasteiger charge is -2.30. The minimum Gasteiger partial charge on any atom is -0.508 e. The lowest BCUT2D eigenvalue weighted by atomic mass is 9.92. The van der Waals surface area contributed by atoms with Crippen LogP contribution in [0.15, 0.2) is 6.07 Å². The number of phenolic OH excluding ortho intramolecular Hbond substituents is 1. The van der Waals surface area contributed by atoms with Gasteiger partial charge in [-0.1, -0.05) is 11.6 Å². The number of phenols is 1. The summed E-state index contributed by atoms with van der Waals surface area (Å²) >= 11 is 6.14. The van der Waals surface area contributed by atoms with Gasteiger partial charge < -0.3 is 10.4 Å². The van der Waals surface area contributed by atoms with Crippen molar-refractivity contribution in [3.05, 3.63) is 27.8 Å². The highest BCUT2D eigenvalue weighted by molar-refractivity contribution is 6.32. The second kappa shape index (κ2) is 3.44. The Hall–Kier alpha value is -0.730. The zero-order valence-corrected chi connectivity index (χ0v) is 9.15. The van der Waals surface area contributed by atoms with Gasteiger partial charge in [0.2, 0.25) is 0 Å². The zero-order chi connectivity index (χ0) is 10.3. The number of rotatable bonds is 1. The van der Waals surface area contributed by atoms with Gasteiger partial charge in [-0.05, 0) is 44.0 Å². The molecule has 1 aromatic carbocycles. The maximum absolute atomic E-state index is 9.83. The third-order valence-corrected chi connectivity index (χ3v) is 3.46. The van der Waals surface area contributed by atoms with Crippen molar-refractivity contribution >= 4 is 11.6 Å². The lowest BCUT2D eigenvalue weighted by molar-refractivity contribution is 0.363. The summed E-state index contributed by atoms with van der Waals surface area (Å²) in [6.07, 6.45) is 1.08. The summed E-state index contributed by atoms with van der Waals surface area (Å²) in [6.45, 7) is 4.90. The molecule has 1 atom stereocenters. The summed E-state index contributed by atoms with van der Waals surface area (Å²) in [5.74, 6) is 0.363. The van der Waals surface area contributed by atoms with E-state index in [-0.39, 0.29) is 6.04 Å². The Morgan fingerprint density at radius 3 is 2.64 bits per heavy atom. The molecule has 0 bridgehead atoms. The van der Waals surface area contributed by atoms with Crippen LogP contribution in [0.3, 0.4) is 0 Å². The van der Waals surface area contributed by atoms with Crippen LogP contribution in [0.2, 0.25) is 5.02 Å². The summed E-state index contributed by atoms with van der Waals surface area (Å²) in [5, 5.41) is 13.9. The first-order valence-corrected chi connectivity index (χ1v) is 5.21. The topological polar surface area (TPSA) is 32.3 Å². The molecule has 1 aromatic rings. The summed E-state index contributed by atoms with van der Waals surface area (Å²) in [5.41, 5.74) is 2.90. The fraction of sp³-hybridized carbons (Fsp3) is 0.455. The van der Waals surface area contributed by atoms with E-state index in [4.69, 9.17) is 11.6 Å². The van der Waals surface area contributed by atoms with Crippen molar-refractivity contribution in [1.29, 1.82) is 0 Å². The van der Waals surface area contributed by atoms with E-state index in [0.717, 1.165) is 34.7 Å². The third-order valence-electron chi connectivity index (χ3n) is 2.88. The Labute approximate surface area is 88.9 Å². The summed E-state index contributed by atoms with van der Waals surface area (Å²) in [6, 6.07) is 2.03. The molecule has 1 heterocycles. The van der Waals surface area contributed by atoms with Crippen LogP contribution < -0.4 is 5.32 Å². The third kappa shape index (κ3) is 1.39. The first-order valence-electron chi connectivity index (χ1n) is 4.83. The molecule has 1 aliphatic heterocycles. The van der Waals surface area contributed by atoms with Crippen molar-refractivity contribution in [1.82, 2.24) is 5.32 Å². The highest BCUT2D eigenvalue weighted by Gasteiger charge is 2.24. The number of benzene rings is 1. The van der Waals surface area contributed by atoms with E-state index in [2.05, 4.69) is 5.32 Å². The van der Waals surface area contributed by atoms with Crippen LogP contribution in [-0.2, 0) is 0 Å². The number of hydrogen-bond donors (Lipinski definition) is 2. The fourth-order valence-corrected chi connectivity index (χ4v) is 2.08. The minimum absolute atomic E-state index is 0.285. The second-order valence-corrected chi connectivity index (χ2v) is 4.24. The number of aromatic hydroxyl groups is 1. The average molecular weight is 212 g/mol. The summed E-state index contributed by atoms with van der Waals surface area (Å²) in [7, 11) is 0. The lowest BCUT2D eigenvalue weighted by Crippen LogP contribution is -2.35. The molecule has 0 radical (unpaired) electrons. The monoisotopic (exact) mass is 211 g/mol. The van der Waals surface area contributed by atoms with Crippen molar-refractivity contribution < 1.29 is 5.11 Å². The molecular weight excluding hydrogens is 198 g/mol. The van der Waals surface area contributed by atoms with Crippen molar-refractivity contribution in [3.63, 3.8) is 0 Å². The number of aryl methyl sites for hydroxylation is 1. The maximum atomic E-state index is 9.83. The van der Waals surface area contributed by atoms with E-state index in [0.29, 0.717) is 5.75 Å². The van der Waals surface area contributed by atoms with Gasteiger partial charge in [0.05, 0.1) is 0 Å². The zero-order valence-electron chi connectivity index (χ0n) is 8.39. The van der Waals surface area contributed by atoms with Gasteiger partial charge in [-0.25, -0.2) is 0 Å². The molecule has 1 saturated heterocycles. The van der Waals surface area contributed by atoms with Crippen molar-refractivity contribution in [2.75, 3.05) is 6.54 Å². The molecule has 14 heavy (non-hydrogen) atoms. The van der Waals surface area contributed by atoms with E-state index in [1.54, 1.807) is 6.07 Å². The van der Waals surface area contributed by atoms with Crippen LogP contribution in [-0.4, -0.2) is 11.7 Å². The quantitative estimate of drug-likeness (QED) is 0.749. The molecule has 0 aliphatic carbocycles. The molecule has 76 valence electrons. The van der Waals surface area contributed by atoms with Crippen LogP contribution in [0.1, 0.15) is 29.2 Å². The van der Waals surface area contributed by atoms with E-state index in [1.807, 2.05) is 13.8 Å². The predicted molar refractivity (Wildman–Crippen MR) is 58.0 cm³/mol. The molecule has 2 nitrogen and oxygen atoms in total. The number of hydrogen-bond acceptors (Lipinski definition) is 2. The normalized spacial score (nSPS) is 20.6. The van der Waals surface area contributed by atoms with E-state index in [1.165, 1.54) is 0 Å². The summed E-state index contributed by atoms with van der Waals surface area (Å²) in [4.78, 5) is 0. The van der Waals surface area contributed by atoms with E-state index in [9.17, 15) is 5.11 Å². The molecule has 0 saturated carbocycles. The maximum Gasteiger partial charge on any atom is 0.120 e. The van der Waals surface area contributed by atoms with Crippen LogP contribution in [0.5, 0.6) is 5.75 Å². The van der Waals surface area contributed by atoms with Gasteiger partial charge in [0.25, 0.3) is 0 Å². The second-order valence-electron chi connectivity index (χ2n) is 3.86. The minimum atomic E-state index is 0.285.